The average molecular weight is 410 g/mol. The summed E-state index contributed by atoms with van der Waals surface area (Å²) in [5, 5.41) is 3.81. The second kappa shape index (κ2) is 6.58. The normalized spacial score (nSPS) is 23.8. The molecule has 148 valence electrons. The number of hydrogen-bond donors (Lipinski definition) is 1. The van der Waals surface area contributed by atoms with Gasteiger partial charge >= 0.3 is 12.1 Å². The van der Waals surface area contributed by atoms with Crippen LogP contribution in [0.3, 0.4) is 0 Å². The molecule has 1 spiro atoms. The molecule has 1 N–H and O–H groups in total. The molecule has 4 rings (SSSR count). The van der Waals surface area contributed by atoms with E-state index >= 15 is 0 Å². The van der Waals surface area contributed by atoms with Crippen LogP contribution >= 0.6 is 11.6 Å². The number of piperidine rings is 1. The van der Waals surface area contributed by atoms with Crippen LogP contribution in [-0.4, -0.2) is 30.5 Å². The van der Waals surface area contributed by atoms with Crippen molar-refractivity contribution >= 4 is 17.5 Å². The van der Waals surface area contributed by atoms with Gasteiger partial charge in [0.1, 0.15) is 12.1 Å². The minimum atomic E-state index is -4.47. The minimum Gasteiger partial charge on any atom is -0.316 e. The molecule has 1 atom stereocenters. The lowest BCUT2D eigenvalue weighted by Crippen LogP contribution is -2.61. The quantitative estimate of drug-likeness (QED) is 0.726. The monoisotopic (exact) mass is 409 g/mol. The van der Waals surface area contributed by atoms with Crippen molar-refractivity contribution in [3.05, 3.63) is 69.7 Å². The smallest absolute Gasteiger partial charge is 0.316 e. The number of hydrogen-bond acceptors (Lipinski definition) is 2. The van der Waals surface area contributed by atoms with Gasteiger partial charge in [-0.05, 0) is 18.2 Å². The lowest BCUT2D eigenvalue weighted by molar-refractivity contribution is -0.902. The summed E-state index contributed by atoms with van der Waals surface area (Å²) in [5.41, 5.74) is 0.131. The maximum atomic E-state index is 13.6. The van der Waals surface area contributed by atoms with Gasteiger partial charge in [-0.2, -0.15) is 13.2 Å². The highest BCUT2D eigenvalue weighted by Gasteiger charge is 2.62. The molecular formula is C21H21ClF3N2O+. The molecule has 0 aromatic heterocycles. The van der Waals surface area contributed by atoms with Gasteiger partial charge in [-0.15, -0.1) is 0 Å². The Morgan fingerprint density at radius 1 is 1.11 bits per heavy atom. The summed E-state index contributed by atoms with van der Waals surface area (Å²) in [6.07, 6.45) is -3.19. The van der Waals surface area contributed by atoms with Crippen LogP contribution in [0.1, 0.15) is 39.9 Å². The van der Waals surface area contributed by atoms with Crippen molar-refractivity contribution in [2.75, 3.05) is 20.1 Å². The molecule has 1 fully saturated rings. The number of carbonyl (C=O) groups is 1. The Hall–Kier alpha value is -1.89. The third-order valence-electron chi connectivity index (χ3n) is 6.34. The summed E-state index contributed by atoms with van der Waals surface area (Å²) in [6, 6.07) is 10.8. The number of alkyl halides is 3. The summed E-state index contributed by atoms with van der Waals surface area (Å²) in [7, 11) is 1.76. The minimum absolute atomic E-state index is 0.0282. The van der Waals surface area contributed by atoms with E-state index in [0.29, 0.717) is 36.5 Å². The van der Waals surface area contributed by atoms with E-state index in [1.807, 2.05) is 0 Å². The zero-order valence-electron chi connectivity index (χ0n) is 15.4. The zero-order chi connectivity index (χ0) is 20.2. The first-order chi connectivity index (χ1) is 13.2. The molecule has 2 aliphatic heterocycles. The van der Waals surface area contributed by atoms with Gasteiger partial charge in [-0.25, -0.2) is 9.28 Å². The van der Waals surface area contributed by atoms with Crippen molar-refractivity contribution in [3.63, 3.8) is 0 Å². The van der Waals surface area contributed by atoms with Crippen LogP contribution in [0, 0.1) is 0 Å². The van der Waals surface area contributed by atoms with Gasteiger partial charge in [0.25, 0.3) is 0 Å². The summed E-state index contributed by atoms with van der Waals surface area (Å²) in [5.74, 6) is -0.170. The first kappa shape index (κ1) is 19.4. The molecule has 2 heterocycles. The number of fused-ring (bicyclic) bond motifs is 2. The van der Waals surface area contributed by atoms with Crippen molar-refractivity contribution < 1.29 is 22.4 Å². The molecular weight excluding hydrogens is 389 g/mol. The Labute approximate surface area is 166 Å². The van der Waals surface area contributed by atoms with Gasteiger partial charge < -0.3 is 5.32 Å². The van der Waals surface area contributed by atoms with Gasteiger partial charge in [0.05, 0.1) is 23.2 Å². The van der Waals surface area contributed by atoms with Crippen LogP contribution in [0.2, 0.25) is 5.02 Å². The fourth-order valence-corrected chi connectivity index (χ4v) is 5.32. The molecule has 0 aliphatic carbocycles. The Morgan fingerprint density at radius 3 is 2.46 bits per heavy atom. The molecule has 2 aliphatic rings. The third kappa shape index (κ3) is 2.70. The van der Waals surface area contributed by atoms with Gasteiger partial charge in [-0.1, -0.05) is 35.9 Å². The van der Waals surface area contributed by atoms with E-state index in [9.17, 15) is 18.0 Å². The van der Waals surface area contributed by atoms with E-state index in [1.165, 1.54) is 12.1 Å². The number of nitrogens with one attached hydrogen (secondary N) is 1. The Balaban J connectivity index is 1.89. The standard InChI is InChI=1S/C21H21ClF3N2O/c1-27(13-14-5-2-3-7-16(14)21(23,24)25)19(28)15-6-4-8-17(22)18(15)20(27)9-11-26-12-10-20/h2-8,26H,9-13H2,1H3/q+1. The largest absolute Gasteiger partial charge is 0.416 e. The van der Waals surface area contributed by atoms with Crippen LogP contribution in [0.15, 0.2) is 42.5 Å². The first-order valence-electron chi connectivity index (χ1n) is 9.26. The Kier molecular flexibility index (Phi) is 4.56. The number of amides is 1. The molecule has 2 aromatic rings. The van der Waals surface area contributed by atoms with Crippen molar-refractivity contribution in [3.8, 4) is 0 Å². The van der Waals surface area contributed by atoms with Gasteiger partial charge in [0, 0.05) is 37.1 Å². The molecule has 7 heteroatoms. The van der Waals surface area contributed by atoms with E-state index < -0.39 is 17.3 Å². The number of benzene rings is 2. The molecule has 0 saturated carbocycles. The fraction of sp³-hybridized carbons (Fsp3) is 0.381. The van der Waals surface area contributed by atoms with Crippen LogP contribution in [0.25, 0.3) is 0 Å². The molecule has 28 heavy (non-hydrogen) atoms. The lowest BCUT2D eigenvalue weighted by atomic mass is 9.79. The summed E-state index contributed by atoms with van der Waals surface area (Å²) < 4.78 is 40.6. The summed E-state index contributed by atoms with van der Waals surface area (Å²) in [6.45, 7) is 1.35. The maximum Gasteiger partial charge on any atom is 0.416 e. The van der Waals surface area contributed by atoms with Crippen LogP contribution < -0.4 is 5.32 Å². The van der Waals surface area contributed by atoms with Crippen molar-refractivity contribution in [2.45, 2.75) is 31.1 Å². The van der Waals surface area contributed by atoms with Gasteiger partial charge in [-0.3, -0.25) is 0 Å². The second-order valence-electron chi connectivity index (χ2n) is 7.75. The third-order valence-corrected chi connectivity index (χ3v) is 6.66. The molecule has 3 nitrogen and oxygen atoms in total. The Bertz CT molecular complexity index is 937. The first-order valence-corrected chi connectivity index (χ1v) is 9.64. The molecule has 0 radical (unpaired) electrons. The topological polar surface area (TPSA) is 29.1 Å². The second-order valence-corrected chi connectivity index (χ2v) is 8.16. The van der Waals surface area contributed by atoms with E-state index in [0.717, 1.165) is 11.6 Å². The van der Waals surface area contributed by atoms with Crippen molar-refractivity contribution in [2.24, 2.45) is 0 Å². The number of carbonyl (C=O) groups excluding carboxylic acids is 1. The maximum absolute atomic E-state index is 13.6. The molecule has 1 saturated heterocycles. The number of halogens is 4. The van der Waals surface area contributed by atoms with E-state index in [1.54, 1.807) is 31.3 Å². The van der Waals surface area contributed by atoms with Crippen LogP contribution in [0.5, 0.6) is 0 Å². The number of quaternary nitrogens is 1. The van der Waals surface area contributed by atoms with Gasteiger partial charge in [0.15, 0.2) is 0 Å². The van der Waals surface area contributed by atoms with Gasteiger partial charge in [0.2, 0.25) is 0 Å². The molecule has 1 unspecified atom stereocenters. The fourth-order valence-electron chi connectivity index (χ4n) is 4.96. The average Bonchev–Trinajstić information content (AvgIpc) is 2.83. The molecule has 1 amide bonds. The highest BCUT2D eigenvalue weighted by atomic mass is 35.5. The zero-order valence-corrected chi connectivity index (χ0v) is 16.2. The SMILES string of the molecule is C[N+]1(Cc2ccccc2C(F)(F)F)C(=O)c2cccc(Cl)c2C12CCNCC2. The highest BCUT2D eigenvalue weighted by Crippen LogP contribution is 2.53. The van der Waals surface area contributed by atoms with Crippen molar-refractivity contribution in [1.29, 1.82) is 0 Å². The van der Waals surface area contributed by atoms with E-state index in [4.69, 9.17) is 11.6 Å². The summed E-state index contributed by atoms with van der Waals surface area (Å²) in [4.78, 5) is 13.5. The van der Waals surface area contributed by atoms with Crippen LogP contribution in [-0.2, 0) is 18.3 Å². The Morgan fingerprint density at radius 2 is 1.79 bits per heavy atom. The predicted molar refractivity (Wildman–Crippen MR) is 101 cm³/mol. The number of rotatable bonds is 2. The molecule has 0 bridgehead atoms. The number of nitrogens with zero attached hydrogens (tertiary/aromatic N) is 1. The lowest BCUT2D eigenvalue weighted by Gasteiger charge is -2.47. The molecule has 2 aromatic carbocycles. The predicted octanol–water partition coefficient (Wildman–Crippen LogP) is 4.74. The van der Waals surface area contributed by atoms with Crippen molar-refractivity contribution in [1.82, 2.24) is 5.32 Å². The summed E-state index contributed by atoms with van der Waals surface area (Å²) >= 11 is 6.53. The highest BCUT2D eigenvalue weighted by molar-refractivity contribution is 6.32. The van der Waals surface area contributed by atoms with Crippen LogP contribution in [0.4, 0.5) is 13.2 Å². The van der Waals surface area contributed by atoms with E-state index in [2.05, 4.69) is 5.32 Å². The van der Waals surface area contributed by atoms with E-state index in [-0.39, 0.29) is 22.5 Å².